The van der Waals surface area contributed by atoms with Crippen molar-refractivity contribution in [2.45, 2.75) is 39.5 Å². The van der Waals surface area contributed by atoms with Crippen LogP contribution in [0.2, 0.25) is 0 Å². The summed E-state index contributed by atoms with van der Waals surface area (Å²) in [4.78, 5) is 33.5. The van der Waals surface area contributed by atoms with Crippen LogP contribution in [0.5, 0.6) is 0 Å². The highest BCUT2D eigenvalue weighted by Gasteiger charge is 2.33. The first-order chi connectivity index (χ1) is 15.9. The van der Waals surface area contributed by atoms with Gasteiger partial charge in [0.15, 0.2) is 0 Å². The lowest BCUT2D eigenvalue weighted by Gasteiger charge is -2.18. The average Bonchev–Trinajstić information content (AvgIpc) is 2.82. The average molecular weight is 447 g/mol. The van der Waals surface area contributed by atoms with Gasteiger partial charge < -0.3 is 14.6 Å². The molecule has 0 fully saturated rings. The van der Waals surface area contributed by atoms with Crippen molar-refractivity contribution in [3.8, 4) is 0 Å². The van der Waals surface area contributed by atoms with Gasteiger partial charge in [0, 0.05) is 17.6 Å². The molecule has 33 heavy (non-hydrogen) atoms. The van der Waals surface area contributed by atoms with E-state index in [9.17, 15) is 14.7 Å². The highest BCUT2D eigenvalue weighted by atomic mass is 16.5. The summed E-state index contributed by atoms with van der Waals surface area (Å²) in [6, 6.07) is 16.6. The number of aldehydes is 1. The van der Waals surface area contributed by atoms with E-state index in [-0.39, 0.29) is 5.76 Å². The van der Waals surface area contributed by atoms with Gasteiger partial charge in [0.2, 0.25) is 23.1 Å². The van der Waals surface area contributed by atoms with E-state index < -0.39 is 17.3 Å². The third kappa shape index (κ3) is 6.62. The van der Waals surface area contributed by atoms with Crippen molar-refractivity contribution in [3.63, 3.8) is 0 Å². The Kier molecular flexibility index (Phi) is 9.55. The highest BCUT2D eigenvalue weighted by Crippen LogP contribution is 2.26. The second-order valence-corrected chi connectivity index (χ2v) is 7.68. The van der Waals surface area contributed by atoms with Crippen LogP contribution in [0.1, 0.15) is 36.1 Å². The second kappa shape index (κ2) is 12.3. The second-order valence-electron chi connectivity index (χ2n) is 7.68. The molecule has 0 heterocycles. The molecule has 2 aromatic carbocycles. The van der Waals surface area contributed by atoms with E-state index in [1.165, 1.54) is 30.7 Å². The Hall–Kier alpha value is -3.73. The predicted molar refractivity (Wildman–Crippen MR) is 129 cm³/mol. The minimum atomic E-state index is -0.612. The Bertz CT molecular complexity index is 1070. The number of benzene rings is 2. The molecule has 3 rings (SSSR count). The molecule has 5 nitrogen and oxygen atoms in total. The summed E-state index contributed by atoms with van der Waals surface area (Å²) in [5.41, 5.74) is 5.29. The van der Waals surface area contributed by atoms with Crippen LogP contribution in [0.25, 0.3) is 0 Å². The summed E-state index contributed by atoms with van der Waals surface area (Å²) in [5.74, 6) is -1.89. The number of rotatable bonds is 8. The Morgan fingerprint density at radius 2 is 1.33 bits per heavy atom. The first kappa shape index (κ1) is 25.5. The fourth-order valence-corrected chi connectivity index (χ4v) is 3.56. The molecule has 0 unspecified atom stereocenters. The van der Waals surface area contributed by atoms with Gasteiger partial charge in [-0.15, -0.1) is 6.58 Å². The summed E-state index contributed by atoms with van der Waals surface area (Å²) >= 11 is 0. The number of carbonyl (C=O) groups excluding carboxylic acids is 3. The summed E-state index contributed by atoms with van der Waals surface area (Å²) in [5, 5.41) is 9.99. The molecule has 0 bridgehead atoms. The zero-order valence-electron chi connectivity index (χ0n) is 19.4. The summed E-state index contributed by atoms with van der Waals surface area (Å²) in [6.45, 7) is 6.80. The van der Waals surface area contributed by atoms with Crippen LogP contribution in [0.3, 0.4) is 0 Å². The molecule has 1 N–H and O–H groups in total. The number of Topliss-reactive ketones (excluding diaryl/α,β-unsaturated/α-hetero) is 2. The lowest BCUT2D eigenvalue weighted by Crippen LogP contribution is -2.25. The number of carbonyl (C=O) groups is 3. The minimum Gasteiger partial charge on any atom is -0.501 e. The van der Waals surface area contributed by atoms with E-state index in [4.69, 9.17) is 9.53 Å². The van der Waals surface area contributed by atoms with Crippen LogP contribution in [-0.4, -0.2) is 30.1 Å². The summed E-state index contributed by atoms with van der Waals surface area (Å²) in [7, 11) is 1.27. The molecule has 0 amide bonds. The molecule has 172 valence electrons. The summed E-state index contributed by atoms with van der Waals surface area (Å²) < 4.78 is 4.87. The molecule has 0 radical (unpaired) electrons. The first-order valence-electron chi connectivity index (χ1n) is 10.8. The molecule has 0 aromatic heterocycles. The van der Waals surface area contributed by atoms with Gasteiger partial charge in [-0.3, -0.25) is 9.59 Å². The highest BCUT2D eigenvalue weighted by molar-refractivity contribution is 6.23. The molecule has 1 aliphatic rings. The molecule has 1 aliphatic carbocycles. The van der Waals surface area contributed by atoms with E-state index in [0.29, 0.717) is 17.6 Å². The number of hydrogen-bond donors (Lipinski definition) is 1. The van der Waals surface area contributed by atoms with E-state index in [1.807, 2.05) is 30.3 Å². The molecule has 0 saturated heterocycles. The maximum absolute atomic E-state index is 12.4. The van der Waals surface area contributed by atoms with E-state index in [0.717, 1.165) is 31.1 Å². The van der Waals surface area contributed by atoms with E-state index >= 15 is 0 Å². The van der Waals surface area contributed by atoms with Crippen LogP contribution < -0.4 is 0 Å². The molecule has 0 spiro atoms. The van der Waals surface area contributed by atoms with Gasteiger partial charge >= 0.3 is 0 Å². The topological polar surface area (TPSA) is 80.7 Å². The number of aryl methyl sites for hydroxylation is 2. The van der Waals surface area contributed by atoms with Crippen LogP contribution in [0.4, 0.5) is 0 Å². The monoisotopic (exact) mass is 446 g/mol. The number of ether oxygens (including phenoxy) is 1. The van der Waals surface area contributed by atoms with Gasteiger partial charge in [-0.2, -0.15) is 0 Å². The van der Waals surface area contributed by atoms with Crippen molar-refractivity contribution in [2.24, 2.45) is 0 Å². The van der Waals surface area contributed by atoms with E-state index in [2.05, 4.69) is 30.8 Å². The molecule has 0 atom stereocenters. The SMILES string of the molecule is C=CCc1ccc(CCc2ccc(CC3=C(C)C(=O)C(OC)=C(O)C3=O)cc2)cc1.CC=O. The maximum atomic E-state index is 12.4. The lowest BCUT2D eigenvalue weighted by molar-refractivity contribution is -0.120. The molecular formula is C28H30O5. The number of hydrogen-bond acceptors (Lipinski definition) is 5. The van der Waals surface area contributed by atoms with E-state index in [1.54, 1.807) is 6.92 Å². The minimum absolute atomic E-state index is 0.283. The Morgan fingerprint density at radius 1 is 0.879 bits per heavy atom. The first-order valence-corrected chi connectivity index (χ1v) is 10.8. The number of methoxy groups -OCH3 is 1. The predicted octanol–water partition coefficient (Wildman–Crippen LogP) is 4.83. The third-order valence-electron chi connectivity index (χ3n) is 5.42. The summed E-state index contributed by atoms with van der Waals surface area (Å²) in [6.07, 6.45) is 5.69. The van der Waals surface area contributed by atoms with Crippen LogP contribution in [0, 0.1) is 0 Å². The molecule has 0 aliphatic heterocycles. The normalized spacial score (nSPS) is 13.4. The molecule has 2 aromatic rings. The zero-order chi connectivity index (χ0) is 24.4. The van der Waals surface area contributed by atoms with Gasteiger partial charge in [0.1, 0.15) is 6.29 Å². The van der Waals surface area contributed by atoms with Crippen molar-refractivity contribution in [2.75, 3.05) is 7.11 Å². The van der Waals surface area contributed by atoms with Gasteiger partial charge in [-0.25, -0.2) is 0 Å². The van der Waals surface area contributed by atoms with Crippen molar-refractivity contribution in [1.29, 1.82) is 0 Å². The number of aliphatic hydroxyl groups is 1. The number of ketones is 2. The van der Waals surface area contributed by atoms with Gasteiger partial charge in [-0.05, 0) is 55.4 Å². The Balaban J connectivity index is 0.00000122. The number of aliphatic hydroxyl groups excluding tert-OH is 1. The van der Waals surface area contributed by atoms with Crippen LogP contribution in [-0.2, 0) is 44.8 Å². The van der Waals surface area contributed by atoms with Gasteiger partial charge in [0.05, 0.1) is 7.11 Å². The van der Waals surface area contributed by atoms with Crippen LogP contribution >= 0.6 is 0 Å². The fraction of sp³-hybridized carbons (Fsp3) is 0.250. The van der Waals surface area contributed by atoms with Crippen LogP contribution in [0.15, 0.2) is 83.9 Å². The largest absolute Gasteiger partial charge is 0.501 e. The Labute approximate surface area is 195 Å². The number of allylic oxidation sites excluding steroid dienone is 3. The van der Waals surface area contributed by atoms with Crippen molar-refractivity contribution in [3.05, 3.63) is 106 Å². The lowest BCUT2D eigenvalue weighted by atomic mass is 9.88. The quantitative estimate of drug-likeness (QED) is 0.357. The molecular weight excluding hydrogens is 416 g/mol. The third-order valence-corrected chi connectivity index (χ3v) is 5.42. The fourth-order valence-electron chi connectivity index (χ4n) is 3.56. The van der Waals surface area contributed by atoms with Crippen molar-refractivity contribution >= 4 is 17.9 Å². The standard InChI is InChI=1S/C26H26O4.C2H4O/c1-4-5-18-6-8-19(9-7-18)10-11-20-12-14-21(15-13-20)16-22-17(2)23(27)26(30-3)25(29)24(22)28;1-2-3/h4,6-9,12-15,29H,1,5,10-11,16H2,2-3H3;2H,1H3. The molecule has 5 heteroatoms. The van der Waals surface area contributed by atoms with Crippen molar-refractivity contribution < 1.29 is 24.2 Å². The van der Waals surface area contributed by atoms with Crippen molar-refractivity contribution in [1.82, 2.24) is 0 Å². The van der Waals surface area contributed by atoms with Gasteiger partial charge in [-0.1, -0.05) is 54.6 Å². The smallest absolute Gasteiger partial charge is 0.228 e. The Morgan fingerprint density at radius 3 is 1.79 bits per heavy atom. The van der Waals surface area contributed by atoms with Gasteiger partial charge in [0.25, 0.3) is 0 Å². The zero-order valence-corrected chi connectivity index (χ0v) is 19.4. The maximum Gasteiger partial charge on any atom is 0.228 e. The molecule has 0 saturated carbocycles.